The molecular weight excluding hydrogens is 336 g/mol. The number of anilines is 2. The SMILES string of the molecule is Cc1nc(Nc2nncs2)cc(C2CCCN2C(=O)C2CCCC2)n1. The van der Waals surface area contributed by atoms with E-state index in [4.69, 9.17) is 0 Å². The van der Waals surface area contributed by atoms with E-state index < -0.39 is 0 Å². The topological polar surface area (TPSA) is 83.9 Å². The summed E-state index contributed by atoms with van der Waals surface area (Å²) >= 11 is 1.43. The minimum Gasteiger partial charge on any atom is -0.334 e. The maximum absolute atomic E-state index is 12.9. The highest BCUT2D eigenvalue weighted by molar-refractivity contribution is 7.13. The molecule has 2 aliphatic rings. The molecule has 1 saturated carbocycles. The fraction of sp³-hybridized carbons (Fsp3) is 0.588. The number of hydrogen-bond donors (Lipinski definition) is 1. The molecule has 25 heavy (non-hydrogen) atoms. The molecule has 0 spiro atoms. The van der Waals surface area contributed by atoms with Crippen molar-refractivity contribution in [2.75, 3.05) is 11.9 Å². The van der Waals surface area contributed by atoms with E-state index in [1.165, 1.54) is 24.2 Å². The van der Waals surface area contributed by atoms with E-state index in [-0.39, 0.29) is 12.0 Å². The molecule has 2 fully saturated rings. The maximum Gasteiger partial charge on any atom is 0.226 e. The molecule has 2 aromatic heterocycles. The number of aryl methyl sites for hydroxylation is 1. The van der Waals surface area contributed by atoms with Crippen LogP contribution in [0.4, 0.5) is 10.9 Å². The van der Waals surface area contributed by atoms with Gasteiger partial charge in [-0.1, -0.05) is 24.2 Å². The van der Waals surface area contributed by atoms with Gasteiger partial charge in [0.05, 0.1) is 11.7 Å². The van der Waals surface area contributed by atoms with Crippen molar-refractivity contribution in [2.24, 2.45) is 5.92 Å². The molecule has 7 nitrogen and oxygen atoms in total. The number of hydrogen-bond acceptors (Lipinski definition) is 7. The van der Waals surface area contributed by atoms with Crippen LogP contribution in [0.1, 0.15) is 56.1 Å². The van der Waals surface area contributed by atoms with Crippen molar-refractivity contribution in [3.63, 3.8) is 0 Å². The van der Waals surface area contributed by atoms with Gasteiger partial charge in [0.15, 0.2) is 0 Å². The lowest BCUT2D eigenvalue weighted by Gasteiger charge is -2.27. The molecule has 0 aromatic carbocycles. The molecule has 1 atom stereocenters. The molecule has 0 bridgehead atoms. The quantitative estimate of drug-likeness (QED) is 0.903. The number of nitrogens with zero attached hydrogens (tertiary/aromatic N) is 5. The van der Waals surface area contributed by atoms with Crippen LogP contribution in [-0.4, -0.2) is 37.5 Å². The molecule has 0 radical (unpaired) electrons. The molecule has 1 amide bonds. The normalized spacial score (nSPS) is 21.0. The van der Waals surface area contributed by atoms with E-state index >= 15 is 0 Å². The summed E-state index contributed by atoms with van der Waals surface area (Å²) in [6.07, 6.45) is 6.43. The van der Waals surface area contributed by atoms with Gasteiger partial charge in [0, 0.05) is 18.5 Å². The van der Waals surface area contributed by atoms with Gasteiger partial charge in [-0.25, -0.2) is 9.97 Å². The lowest BCUT2D eigenvalue weighted by atomic mass is 10.0. The molecule has 8 heteroatoms. The van der Waals surface area contributed by atoms with E-state index in [0.29, 0.717) is 22.7 Å². The van der Waals surface area contributed by atoms with Gasteiger partial charge in [-0.05, 0) is 32.6 Å². The molecule has 3 heterocycles. The van der Waals surface area contributed by atoms with Gasteiger partial charge < -0.3 is 10.2 Å². The molecule has 2 aromatic rings. The Bertz CT molecular complexity index is 744. The van der Waals surface area contributed by atoms with Gasteiger partial charge >= 0.3 is 0 Å². The van der Waals surface area contributed by atoms with Crippen molar-refractivity contribution in [1.29, 1.82) is 0 Å². The van der Waals surface area contributed by atoms with Crippen LogP contribution in [0, 0.1) is 12.8 Å². The highest BCUT2D eigenvalue weighted by Crippen LogP contribution is 2.36. The Labute approximate surface area is 150 Å². The summed E-state index contributed by atoms with van der Waals surface area (Å²) < 4.78 is 0. The third-order valence-electron chi connectivity index (χ3n) is 5.03. The van der Waals surface area contributed by atoms with Gasteiger partial charge in [-0.2, -0.15) is 0 Å². The standard InChI is InChI=1S/C17H22N6OS/c1-11-19-13(9-15(20-11)21-17-22-18-10-25-17)14-7-4-8-23(14)16(24)12-5-2-3-6-12/h9-10,12,14H,2-8H2,1H3,(H,19,20,21,22). The van der Waals surface area contributed by atoms with Crippen molar-refractivity contribution in [3.05, 3.63) is 23.1 Å². The number of carbonyl (C=O) groups excluding carboxylic acids is 1. The first kappa shape index (κ1) is 16.4. The average Bonchev–Trinajstić information content (AvgIpc) is 3.35. The van der Waals surface area contributed by atoms with Crippen molar-refractivity contribution < 1.29 is 4.79 Å². The third kappa shape index (κ3) is 3.49. The van der Waals surface area contributed by atoms with E-state index in [1.807, 2.05) is 17.9 Å². The van der Waals surface area contributed by atoms with Crippen LogP contribution in [-0.2, 0) is 4.79 Å². The van der Waals surface area contributed by atoms with Crippen LogP contribution in [0.3, 0.4) is 0 Å². The predicted molar refractivity (Wildman–Crippen MR) is 95.6 cm³/mol. The lowest BCUT2D eigenvalue weighted by molar-refractivity contribution is -0.136. The Morgan fingerprint density at radius 3 is 2.84 bits per heavy atom. The average molecular weight is 358 g/mol. The Morgan fingerprint density at radius 1 is 1.24 bits per heavy atom. The summed E-state index contributed by atoms with van der Waals surface area (Å²) in [5, 5.41) is 11.7. The maximum atomic E-state index is 12.9. The van der Waals surface area contributed by atoms with Gasteiger partial charge in [-0.15, -0.1) is 10.2 Å². The number of amides is 1. The zero-order chi connectivity index (χ0) is 17.2. The van der Waals surface area contributed by atoms with E-state index in [2.05, 4.69) is 25.5 Å². The molecule has 1 aliphatic heterocycles. The van der Waals surface area contributed by atoms with Crippen molar-refractivity contribution in [2.45, 2.75) is 51.5 Å². The molecule has 1 saturated heterocycles. The van der Waals surface area contributed by atoms with Crippen LogP contribution in [0.25, 0.3) is 0 Å². The Morgan fingerprint density at radius 2 is 2.08 bits per heavy atom. The van der Waals surface area contributed by atoms with Crippen LogP contribution in [0.5, 0.6) is 0 Å². The monoisotopic (exact) mass is 358 g/mol. The molecule has 132 valence electrons. The lowest BCUT2D eigenvalue weighted by Crippen LogP contribution is -2.35. The van der Waals surface area contributed by atoms with Gasteiger partial charge in [-0.3, -0.25) is 4.79 Å². The molecular formula is C17H22N6OS. The number of likely N-dealkylation sites (tertiary alicyclic amines) is 1. The number of aromatic nitrogens is 4. The summed E-state index contributed by atoms with van der Waals surface area (Å²) in [4.78, 5) is 24.0. The fourth-order valence-electron chi connectivity index (χ4n) is 3.91. The summed E-state index contributed by atoms with van der Waals surface area (Å²) in [7, 11) is 0. The second kappa shape index (κ2) is 7.03. The van der Waals surface area contributed by atoms with Crippen LogP contribution in [0.15, 0.2) is 11.6 Å². The smallest absolute Gasteiger partial charge is 0.226 e. The molecule has 1 unspecified atom stereocenters. The highest BCUT2D eigenvalue weighted by atomic mass is 32.1. The summed E-state index contributed by atoms with van der Waals surface area (Å²) in [5.74, 6) is 1.93. The van der Waals surface area contributed by atoms with Crippen molar-refractivity contribution in [3.8, 4) is 0 Å². The highest BCUT2D eigenvalue weighted by Gasteiger charge is 2.35. The predicted octanol–water partition coefficient (Wildman–Crippen LogP) is 3.23. The van der Waals surface area contributed by atoms with Crippen molar-refractivity contribution >= 4 is 28.2 Å². The van der Waals surface area contributed by atoms with Crippen molar-refractivity contribution in [1.82, 2.24) is 25.1 Å². The zero-order valence-electron chi connectivity index (χ0n) is 14.3. The minimum atomic E-state index is 0.0600. The first-order valence-electron chi connectivity index (χ1n) is 8.90. The van der Waals surface area contributed by atoms with Crippen LogP contribution >= 0.6 is 11.3 Å². The van der Waals surface area contributed by atoms with E-state index in [9.17, 15) is 4.79 Å². The fourth-order valence-corrected chi connectivity index (χ4v) is 4.36. The minimum absolute atomic E-state index is 0.0600. The number of nitrogens with one attached hydrogen (secondary N) is 1. The summed E-state index contributed by atoms with van der Waals surface area (Å²) in [5.41, 5.74) is 2.60. The zero-order valence-corrected chi connectivity index (χ0v) is 15.1. The second-order valence-corrected chi connectivity index (χ2v) is 7.60. The first-order chi connectivity index (χ1) is 12.2. The Kier molecular flexibility index (Phi) is 4.61. The molecule has 1 aliphatic carbocycles. The van der Waals surface area contributed by atoms with Crippen LogP contribution in [0.2, 0.25) is 0 Å². The Hall–Kier alpha value is -2.09. The second-order valence-electron chi connectivity index (χ2n) is 6.77. The van der Waals surface area contributed by atoms with Gasteiger partial charge in [0.2, 0.25) is 11.0 Å². The van der Waals surface area contributed by atoms with Gasteiger partial charge in [0.25, 0.3) is 0 Å². The largest absolute Gasteiger partial charge is 0.334 e. The van der Waals surface area contributed by atoms with E-state index in [0.717, 1.165) is 37.9 Å². The van der Waals surface area contributed by atoms with Crippen LogP contribution < -0.4 is 5.32 Å². The molecule has 4 rings (SSSR count). The summed E-state index contributed by atoms with van der Waals surface area (Å²) in [6, 6.07) is 2.00. The third-order valence-corrected chi connectivity index (χ3v) is 5.64. The number of carbonyl (C=O) groups is 1. The van der Waals surface area contributed by atoms with Gasteiger partial charge in [0.1, 0.15) is 17.2 Å². The molecule has 1 N–H and O–H groups in total. The first-order valence-corrected chi connectivity index (χ1v) is 9.78. The number of rotatable bonds is 4. The van der Waals surface area contributed by atoms with E-state index in [1.54, 1.807) is 5.51 Å². The Balaban J connectivity index is 1.57. The summed E-state index contributed by atoms with van der Waals surface area (Å²) in [6.45, 7) is 2.72.